The fourth-order valence-electron chi connectivity index (χ4n) is 3.36. The number of benzene rings is 2. The van der Waals surface area contributed by atoms with E-state index in [4.69, 9.17) is 0 Å². The monoisotopic (exact) mass is 282 g/mol. The lowest BCUT2D eigenvalue weighted by Gasteiger charge is -2.19. The Morgan fingerprint density at radius 2 is 1.50 bits per heavy atom. The third kappa shape index (κ3) is 1.33. The van der Waals surface area contributed by atoms with Gasteiger partial charge in [0.05, 0.1) is 11.2 Å². The smallest absolute Gasteiger partial charge is 0.195 e. The fraction of sp³-hybridized carbons (Fsp3) is 0. The van der Waals surface area contributed by atoms with Gasteiger partial charge in [-0.1, -0.05) is 24.3 Å². The molecular formula is C19H10N2O. The van der Waals surface area contributed by atoms with Crippen molar-refractivity contribution in [1.82, 2.24) is 9.97 Å². The second kappa shape index (κ2) is 3.98. The predicted octanol–water partition coefficient (Wildman–Crippen LogP) is 3.99. The van der Waals surface area contributed by atoms with Crippen molar-refractivity contribution in [3.8, 4) is 11.3 Å². The van der Waals surface area contributed by atoms with Crippen molar-refractivity contribution in [2.75, 3.05) is 0 Å². The molecule has 2 aromatic heterocycles. The first-order valence-electron chi connectivity index (χ1n) is 7.15. The maximum Gasteiger partial charge on any atom is 0.195 e. The molecule has 2 heterocycles. The molecule has 3 heteroatoms. The molecule has 22 heavy (non-hydrogen) atoms. The number of pyridine rings is 2. The summed E-state index contributed by atoms with van der Waals surface area (Å²) in [4.78, 5) is 21.7. The van der Waals surface area contributed by atoms with Crippen molar-refractivity contribution in [3.05, 3.63) is 72.1 Å². The van der Waals surface area contributed by atoms with Crippen molar-refractivity contribution >= 4 is 27.5 Å². The van der Waals surface area contributed by atoms with Gasteiger partial charge in [0.1, 0.15) is 0 Å². The Labute approximate surface area is 126 Å². The summed E-state index contributed by atoms with van der Waals surface area (Å²) in [6.45, 7) is 0. The Morgan fingerprint density at radius 1 is 0.727 bits per heavy atom. The van der Waals surface area contributed by atoms with Crippen molar-refractivity contribution < 1.29 is 4.79 Å². The van der Waals surface area contributed by atoms with E-state index in [-0.39, 0.29) is 5.78 Å². The van der Waals surface area contributed by atoms with E-state index in [1.54, 1.807) is 18.5 Å². The maximum atomic E-state index is 12.8. The first kappa shape index (κ1) is 11.6. The molecule has 1 aliphatic carbocycles. The molecule has 102 valence electrons. The van der Waals surface area contributed by atoms with Crippen molar-refractivity contribution in [3.63, 3.8) is 0 Å². The number of carbonyl (C=O) groups is 1. The second-order valence-corrected chi connectivity index (χ2v) is 5.45. The van der Waals surface area contributed by atoms with Crippen LogP contribution in [0.4, 0.5) is 0 Å². The quantitative estimate of drug-likeness (QED) is 0.403. The van der Waals surface area contributed by atoms with E-state index in [0.717, 1.165) is 38.5 Å². The summed E-state index contributed by atoms with van der Waals surface area (Å²) in [5.74, 6) is 0.0458. The van der Waals surface area contributed by atoms with Crippen LogP contribution in [0.3, 0.4) is 0 Å². The van der Waals surface area contributed by atoms with Crippen LogP contribution in [0.2, 0.25) is 0 Å². The molecule has 0 radical (unpaired) electrons. The Hall–Kier alpha value is -3.07. The van der Waals surface area contributed by atoms with Gasteiger partial charge in [-0.2, -0.15) is 0 Å². The fourth-order valence-corrected chi connectivity index (χ4v) is 3.36. The molecule has 3 nitrogen and oxygen atoms in total. The van der Waals surface area contributed by atoms with E-state index in [2.05, 4.69) is 9.97 Å². The van der Waals surface area contributed by atoms with Gasteiger partial charge in [-0.05, 0) is 29.7 Å². The van der Waals surface area contributed by atoms with E-state index in [0.29, 0.717) is 5.56 Å². The summed E-state index contributed by atoms with van der Waals surface area (Å²) >= 11 is 0. The average Bonchev–Trinajstić information content (AvgIpc) is 2.59. The topological polar surface area (TPSA) is 42.9 Å². The predicted molar refractivity (Wildman–Crippen MR) is 85.9 cm³/mol. The number of fused-ring (bicyclic) bond motifs is 4. The normalized spacial score (nSPS) is 12.6. The number of ketones is 1. The summed E-state index contributed by atoms with van der Waals surface area (Å²) in [7, 11) is 0. The van der Waals surface area contributed by atoms with Gasteiger partial charge in [0.15, 0.2) is 5.78 Å². The minimum absolute atomic E-state index is 0.0458. The van der Waals surface area contributed by atoms with Crippen LogP contribution in [-0.4, -0.2) is 15.8 Å². The van der Waals surface area contributed by atoms with Gasteiger partial charge in [0.25, 0.3) is 0 Å². The highest BCUT2D eigenvalue weighted by atomic mass is 16.1. The van der Waals surface area contributed by atoms with Crippen molar-refractivity contribution in [2.24, 2.45) is 0 Å². The van der Waals surface area contributed by atoms with Gasteiger partial charge < -0.3 is 0 Å². The number of hydrogen-bond acceptors (Lipinski definition) is 3. The third-order valence-electron chi connectivity index (χ3n) is 4.30. The average molecular weight is 282 g/mol. The van der Waals surface area contributed by atoms with E-state index >= 15 is 0 Å². The zero-order valence-corrected chi connectivity index (χ0v) is 11.6. The third-order valence-corrected chi connectivity index (χ3v) is 4.30. The molecule has 0 atom stereocenters. The first-order valence-corrected chi connectivity index (χ1v) is 7.15. The molecule has 0 saturated heterocycles. The van der Waals surface area contributed by atoms with Crippen molar-refractivity contribution in [1.29, 1.82) is 0 Å². The first-order chi connectivity index (χ1) is 10.8. The number of aromatic nitrogens is 2. The van der Waals surface area contributed by atoms with Crippen LogP contribution >= 0.6 is 0 Å². The number of nitrogens with zero attached hydrogens (tertiary/aromatic N) is 2. The lowest BCUT2D eigenvalue weighted by molar-refractivity contribution is 0.104. The van der Waals surface area contributed by atoms with Crippen LogP contribution in [-0.2, 0) is 0 Å². The van der Waals surface area contributed by atoms with E-state index in [1.165, 1.54) is 0 Å². The zero-order valence-electron chi connectivity index (χ0n) is 11.6. The molecule has 0 fully saturated rings. The zero-order chi connectivity index (χ0) is 14.7. The van der Waals surface area contributed by atoms with Gasteiger partial charge in [0.2, 0.25) is 0 Å². The van der Waals surface area contributed by atoms with Crippen LogP contribution in [0.5, 0.6) is 0 Å². The molecule has 2 aromatic carbocycles. The summed E-state index contributed by atoms with van der Waals surface area (Å²) in [6.07, 6.45) is 3.52. The van der Waals surface area contributed by atoms with Crippen LogP contribution in [0, 0.1) is 0 Å². The van der Waals surface area contributed by atoms with Gasteiger partial charge in [-0.15, -0.1) is 0 Å². The number of rotatable bonds is 0. The molecule has 4 aromatic rings. The van der Waals surface area contributed by atoms with Gasteiger partial charge in [-0.25, -0.2) is 0 Å². The molecule has 0 aliphatic heterocycles. The van der Waals surface area contributed by atoms with Crippen LogP contribution in [0.15, 0.2) is 60.9 Å². The van der Waals surface area contributed by atoms with E-state index in [1.807, 2.05) is 42.5 Å². The van der Waals surface area contributed by atoms with E-state index < -0.39 is 0 Å². The highest BCUT2D eigenvalue weighted by Gasteiger charge is 2.26. The SMILES string of the molecule is O=C1c2cccnc2-c2cc3ncccc3c3cccc1c23. The van der Waals surface area contributed by atoms with E-state index in [9.17, 15) is 4.79 Å². The Morgan fingerprint density at radius 3 is 2.45 bits per heavy atom. The summed E-state index contributed by atoms with van der Waals surface area (Å²) in [5.41, 5.74) is 4.08. The van der Waals surface area contributed by atoms with Gasteiger partial charge in [-0.3, -0.25) is 14.8 Å². The largest absolute Gasteiger partial charge is 0.289 e. The second-order valence-electron chi connectivity index (χ2n) is 5.45. The molecule has 0 unspecified atom stereocenters. The van der Waals surface area contributed by atoms with Crippen LogP contribution in [0.1, 0.15) is 15.9 Å². The molecule has 0 bridgehead atoms. The highest BCUT2D eigenvalue weighted by Crippen LogP contribution is 2.40. The molecule has 0 saturated carbocycles. The lowest BCUT2D eigenvalue weighted by atomic mass is 9.84. The van der Waals surface area contributed by atoms with Crippen molar-refractivity contribution in [2.45, 2.75) is 0 Å². The minimum Gasteiger partial charge on any atom is -0.289 e. The Kier molecular flexibility index (Phi) is 2.09. The number of hydrogen-bond donors (Lipinski definition) is 0. The Balaban J connectivity index is 2.11. The molecular weight excluding hydrogens is 272 g/mol. The van der Waals surface area contributed by atoms with Crippen LogP contribution < -0.4 is 0 Å². The molecule has 0 spiro atoms. The van der Waals surface area contributed by atoms with Gasteiger partial charge in [0, 0.05) is 39.9 Å². The summed E-state index contributed by atoms with van der Waals surface area (Å²) in [5, 5.41) is 3.11. The molecule has 1 aliphatic rings. The Bertz CT molecular complexity index is 1100. The molecule has 0 amide bonds. The highest BCUT2D eigenvalue weighted by molar-refractivity contribution is 6.28. The molecule has 5 rings (SSSR count). The molecule has 0 N–H and O–H groups in total. The minimum atomic E-state index is 0.0458. The summed E-state index contributed by atoms with van der Waals surface area (Å²) in [6, 6.07) is 15.5. The standard InChI is InChI=1S/C19H10N2O/c22-19-13-5-1-4-12-11-6-2-8-20-16(11)10-15(17(12)13)18-14(19)7-3-9-21-18/h1-10H. The van der Waals surface area contributed by atoms with Gasteiger partial charge >= 0.3 is 0 Å². The summed E-state index contributed by atoms with van der Waals surface area (Å²) < 4.78 is 0. The lowest BCUT2D eigenvalue weighted by Crippen LogP contribution is -2.11. The van der Waals surface area contributed by atoms with Crippen LogP contribution in [0.25, 0.3) is 32.9 Å². The number of carbonyl (C=O) groups excluding carboxylic acids is 1. The maximum absolute atomic E-state index is 12.8.